The van der Waals surface area contributed by atoms with E-state index in [2.05, 4.69) is 4.98 Å². The van der Waals surface area contributed by atoms with Crippen molar-refractivity contribution in [2.24, 2.45) is 0 Å². The van der Waals surface area contributed by atoms with E-state index >= 15 is 0 Å². The van der Waals surface area contributed by atoms with Gasteiger partial charge in [-0.05, 0) is 73.9 Å². The van der Waals surface area contributed by atoms with Crippen molar-refractivity contribution in [3.05, 3.63) is 76.7 Å². The summed E-state index contributed by atoms with van der Waals surface area (Å²) in [6.45, 7) is 3.87. The number of carbonyl (C=O) groups excluding carboxylic acids is 1. The molecule has 0 bridgehead atoms. The largest absolute Gasteiger partial charge is 0.416 e. The van der Waals surface area contributed by atoms with E-state index in [1.54, 1.807) is 17.9 Å². The molecule has 1 saturated heterocycles. The van der Waals surface area contributed by atoms with Crippen LogP contribution in [0.2, 0.25) is 0 Å². The summed E-state index contributed by atoms with van der Waals surface area (Å²) < 4.78 is 121. The Bertz CT molecular complexity index is 1750. The molecule has 1 N–H and O–H groups in total. The summed E-state index contributed by atoms with van der Waals surface area (Å²) in [5.74, 6) is -1.07. The molecule has 1 aromatic heterocycles. The van der Waals surface area contributed by atoms with Gasteiger partial charge in [-0.25, -0.2) is 17.8 Å². The van der Waals surface area contributed by atoms with Gasteiger partial charge in [0, 0.05) is 32.2 Å². The van der Waals surface area contributed by atoms with E-state index in [1.165, 1.54) is 49.6 Å². The SMILES string of the molecule is Cc1cc(F)ccc1-c1cc(N2CCN(S(C)(=O)=O)[C@H](CO)C2)ncc1N(C)C(=O)C(C)(C)c1cc(C(F)(F)F)cc(C(F)(F)F)c1. The van der Waals surface area contributed by atoms with E-state index in [1.807, 2.05) is 0 Å². The molecule has 8 nitrogen and oxygen atoms in total. The molecule has 1 fully saturated rings. The van der Waals surface area contributed by atoms with Crippen molar-refractivity contribution in [2.45, 2.75) is 44.6 Å². The van der Waals surface area contributed by atoms with Crippen molar-refractivity contribution in [1.82, 2.24) is 9.29 Å². The van der Waals surface area contributed by atoms with Crippen LogP contribution in [0.3, 0.4) is 0 Å². The highest BCUT2D eigenvalue weighted by atomic mass is 32.2. The molecule has 0 unspecified atom stereocenters. The summed E-state index contributed by atoms with van der Waals surface area (Å²) in [4.78, 5) is 21.2. The second-order valence-corrected chi connectivity index (χ2v) is 13.9. The Morgan fingerprint density at radius 3 is 2.04 bits per heavy atom. The maximum absolute atomic E-state index is 14.1. The number of alkyl halides is 6. The minimum Gasteiger partial charge on any atom is -0.395 e. The van der Waals surface area contributed by atoms with Gasteiger partial charge in [-0.1, -0.05) is 6.07 Å². The number of rotatable bonds is 7. The van der Waals surface area contributed by atoms with E-state index in [9.17, 15) is 49.1 Å². The molecule has 0 saturated carbocycles. The molecule has 4 rings (SSSR count). The van der Waals surface area contributed by atoms with Crippen LogP contribution in [0, 0.1) is 12.7 Å². The number of hydrogen-bond acceptors (Lipinski definition) is 6. The fraction of sp³-hybridized carbons (Fsp3) is 0.419. The number of pyridine rings is 1. The van der Waals surface area contributed by atoms with Gasteiger partial charge >= 0.3 is 12.4 Å². The van der Waals surface area contributed by atoms with Crippen LogP contribution in [0.15, 0.2) is 48.7 Å². The average molecular weight is 691 g/mol. The maximum Gasteiger partial charge on any atom is 0.416 e. The van der Waals surface area contributed by atoms with Gasteiger partial charge in [0.2, 0.25) is 15.9 Å². The van der Waals surface area contributed by atoms with E-state index < -0.39 is 68.9 Å². The first-order valence-electron chi connectivity index (χ1n) is 14.2. The Kier molecular flexibility index (Phi) is 9.74. The van der Waals surface area contributed by atoms with Crippen molar-refractivity contribution in [3.63, 3.8) is 0 Å². The lowest BCUT2D eigenvalue weighted by atomic mass is 9.81. The third kappa shape index (κ3) is 7.54. The molecular formula is C31H33F7N4O4S. The van der Waals surface area contributed by atoms with Gasteiger partial charge in [0.05, 0.1) is 47.3 Å². The van der Waals surface area contributed by atoms with Crippen LogP contribution in [0.25, 0.3) is 11.1 Å². The molecule has 1 atom stereocenters. The second-order valence-electron chi connectivity index (χ2n) is 12.0. The van der Waals surface area contributed by atoms with Crippen LogP contribution in [0.5, 0.6) is 0 Å². The van der Waals surface area contributed by atoms with Crippen molar-refractivity contribution >= 4 is 27.4 Å². The standard InChI is InChI=1S/C31H33F7N4O4S/c1-18-10-22(32)6-7-24(18)25-14-27(41-8-9-42(47(5,45)46)23(16-41)17-43)39-15-26(25)40(4)28(44)29(2,3)19-11-20(30(33,34)35)13-21(12-19)31(36,37)38/h6-7,10-15,23,43H,8-9,16-17H2,1-5H3/t23-/m0/s1. The van der Waals surface area contributed by atoms with Crippen LogP contribution in [0.1, 0.15) is 36.1 Å². The first-order valence-corrected chi connectivity index (χ1v) is 16.1. The Labute approximate surface area is 267 Å². The van der Waals surface area contributed by atoms with Crippen molar-refractivity contribution in [3.8, 4) is 11.1 Å². The number of aliphatic hydroxyl groups is 1. The molecule has 2 heterocycles. The number of anilines is 2. The lowest BCUT2D eigenvalue weighted by molar-refractivity contribution is -0.143. The monoisotopic (exact) mass is 690 g/mol. The molecule has 2 aromatic carbocycles. The number of nitrogens with zero attached hydrogens (tertiary/aromatic N) is 4. The van der Waals surface area contributed by atoms with Crippen LogP contribution in [-0.4, -0.2) is 74.3 Å². The van der Waals surface area contributed by atoms with Gasteiger partial charge in [0.1, 0.15) is 11.6 Å². The minimum atomic E-state index is -5.12. The second kappa shape index (κ2) is 12.7. The van der Waals surface area contributed by atoms with Gasteiger partial charge in [0.25, 0.3) is 0 Å². The normalized spacial score (nSPS) is 16.8. The summed E-state index contributed by atoms with van der Waals surface area (Å²) in [6.07, 6.45) is -7.90. The molecule has 3 aromatic rings. The summed E-state index contributed by atoms with van der Waals surface area (Å²) >= 11 is 0. The van der Waals surface area contributed by atoms with Gasteiger partial charge in [-0.3, -0.25) is 4.79 Å². The first-order chi connectivity index (χ1) is 21.5. The fourth-order valence-electron chi connectivity index (χ4n) is 5.62. The number of hydrogen-bond donors (Lipinski definition) is 1. The van der Waals surface area contributed by atoms with Crippen LogP contribution < -0.4 is 9.80 Å². The third-order valence-corrected chi connectivity index (χ3v) is 9.58. The van der Waals surface area contributed by atoms with Crippen molar-refractivity contribution < 1.29 is 49.1 Å². The van der Waals surface area contributed by atoms with Crippen molar-refractivity contribution in [2.75, 3.05) is 49.3 Å². The number of sulfonamides is 1. The van der Waals surface area contributed by atoms with E-state index in [4.69, 9.17) is 0 Å². The Morgan fingerprint density at radius 2 is 1.53 bits per heavy atom. The lowest BCUT2D eigenvalue weighted by Gasteiger charge is -2.40. The number of aliphatic hydroxyl groups excluding tert-OH is 1. The number of aromatic nitrogens is 1. The van der Waals surface area contributed by atoms with Gasteiger partial charge in [-0.15, -0.1) is 0 Å². The van der Waals surface area contributed by atoms with Gasteiger partial charge in [-0.2, -0.15) is 30.6 Å². The third-order valence-electron chi connectivity index (χ3n) is 8.25. The molecule has 0 spiro atoms. The quantitative estimate of drug-likeness (QED) is 0.324. The fourth-order valence-corrected chi connectivity index (χ4v) is 6.71. The Hall–Kier alpha value is -3.76. The molecule has 0 aliphatic carbocycles. The molecule has 1 aliphatic heterocycles. The highest BCUT2D eigenvalue weighted by Gasteiger charge is 2.41. The van der Waals surface area contributed by atoms with E-state index in [-0.39, 0.29) is 31.4 Å². The van der Waals surface area contributed by atoms with Gasteiger partial charge < -0.3 is 14.9 Å². The predicted octanol–water partition coefficient (Wildman–Crippen LogP) is 5.62. The summed E-state index contributed by atoms with van der Waals surface area (Å²) in [6, 6.07) is 5.70. The number of benzene rings is 2. The van der Waals surface area contributed by atoms with E-state index in [0.29, 0.717) is 34.6 Å². The molecule has 0 radical (unpaired) electrons. The zero-order valence-electron chi connectivity index (χ0n) is 26.0. The maximum atomic E-state index is 14.1. The number of carbonyl (C=O) groups is 1. The number of likely N-dealkylation sites (N-methyl/N-ethyl adjacent to an activating group) is 1. The van der Waals surface area contributed by atoms with Crippen LogP contribution in [-0.2, 0) is 32.6 Å². The zero-order valence-corrected chi connectivity index (χ0v) is 26.9. The Morgan fingerprint density at radius 1 is 0.957 bits per heavy atom. The molecule has 1 aliphatic rings. The summed E-state index contributed by atoms with van der Waals surface area (Å²) in [5, 5.41) is 9.90. The highest BCUT2D eigenvalue weighted by Crippen LogP contribution is 2.41. The highest BCUT2D eigenvalue weighted by molar-refractivity contribution is 7.88. The number of amides is 1. The minimum absolute atomic E-state index is 0.0110. The Balaban J connectivity index is 1.81. The average Bonchev–Trinajstić information content (AvgIpc) is 2.98. The number of aryl methyl sites for hydroxylation is 1. The van der Waals surface area contributed by atoms with Crippen LogP contribution in [0.4, 0.5) is 42.2 Å². The van der Waals surface area contributed by atoms with Gasteiger partial charge in [0.15, 0.2) is 0 Å². The van der Waals surface area contributed by atoms with Crippen LogP contribution >= 0.6 is 0 Å². The molecule has 1 amide bonds. The molecule has 256 valence electrons. The smallest absolute Gasteiger partial charge is 0.395 e. The lowest BCUT2D eigenvalue weighted by Crippen LogP contribution is -2.56. The molecule has 16 heteroatoms. The van der Waals surface area contributed by atoms with Crippen molar-refractivity contribution in [1.29, 1.82) is 0 Å². The van der Waals surface area contributed by atoms with E-state index in [0.717, 1.165) is 11.2 Å². The molecular weight excluding hydrogens is 657 g/mol. The predicted molar refractivity (Wildman–Crippen MR) is 162 cm³/mol. The topological polar surface area (TPSA) is 94.1 Å². The zero-order chi connectivity index (χ0) is 35.3. The number of halogens is 7. The summed E-state index contributed by atoms with van der Waals surface area (Å²) in [5.41, 5.74) is -4.17. The molecule has 47 heavy (non-hydrogen) atoms. The number of piperazine rings is 1. The first kappa shape index (κ1) is 36.1. The summed E-state index contributed by atoms with van der Waals surface area (Å²) in [7, 11) is -2.32.